The lowest BCUT2D eigenvalue weighted by Gasteiger charge is -2.39. The molecule has 7 heteroatoms. The molecule has 1 amide bonds. The average Bonchev–Trinajstić information content (AvgIpc) is 2.95. The first-order valence-corrected chi connectivity index (χ1v) is 11.1. The number of carbonyl (C=O) groups is 1. The van der Waals surface area contributed by atoms with Gasteiger partial charge in [0.25, 0.3) is 0 Å². The van der Waals surface area contributed by atoms with E-state index in [1.165, 1.54) is 16.8 Å². The summed E-state index contributed by atoms with van der Waals surface area (Å²) in [6, 6.07) is 5.92. The maximum Gasteiger partial charge on any atom is 0.237 e. The Morgan fingerprint density at radius 3 is 2.50 bits per heavy atom. The van der Waals surface area contributed by atoms with Crippen molar-refractivity contribution in [2.24, 2.45) is 0 Å². The minimum absolute atomic E-state index is 0.0627. The molecular formula is C19H29N3O3S. The van der Waals surface area contributed by atoms with E-state index in [1.54, 1.807) is 0 Å². The fraction of sp³-hybridized carbons (Fsp3) is 0.632. The van der Waals surface area contributed by atoms with Crippen molar-refractivity contribution in [3.05, 3.63) is 29.3 Å². The van der Waals surface area contributed by atoms with E-state index in [0.29, 0.717) is 6.42 Å². The van der Waals surface area contributed by atoms with Gasteiger partial charge in [0.1, 0.15) is 0 Å². The Bertz CT molecular complexity index is 770. The second-order valence-corrected chi connectivity index (χ2v) is 9.76. The lowest BCUT2D eigenvalue weighted by atomic mass is 10.1. The van der Waals surface area contributed by atoms with Gasteiger partial charge in [-0.05, 0) is 44.4 Å². The van der Waals surface area contributed by atoms with Crippen molar-refractivity contribution in [3.8, 4) is 0 Å². The first-order chi connectivity index (χ1) is 12.3. The molecule has 6 nitrogen and oxygen atoms in total. The van der Waals surface area contributed by atoms with Crippen LogP contribution >= 0.6 is 0 Å². The largest absolute Gasteiger partial charge is 0.369 e. The van der Waals surface area contributed by atoms with Crippen molar-refractivity contribution in [3.63, 3.8) is 0 Å². The molecule has 0 aromatic heterocycles. The SMILES string of the molecule is Cc1cccc(N2CCN([C@H](C)C(=O)N[C@@H]3CCS(=O)(=O)C3)CC2)c1C. The summed E-state index contributed by atoms with van der Waals surface area (Å²) in [6.07, 6.45) is 0.529. The molecule has 0 bridgehead atoms. The number of rotatable bonds is 4. The molecule has 0 saturated carbocycles. The number of sulfone groups is 1. The second-order valence-electron chi connectivity index (χ2n) is 7.53. The van der Waals surface area contributed by atoms with Crippen LogP contribution in [0, 0.1) is 13.8 Å². The van der Waals surface area contributed by atoms with Gasteiger partial charge >= 0.3 is 0 Å². The van der Waals surface area contributed by atoms with Crippen LogP contribution in [0.2, 0.25) is 0 Å². The molecule has 1 N–H and O–H groups in total. The zero-order chi connectivity index (χ0) is 18.9. The fourth-order valence-electron chi connectivity index (χ4n) is 3.82. The van der Waals surface area contributed by atoms with Crippen molar-refractivity contribution in [2.75, 3.05) is 42.6 Å². The van der Waals surface area contributed by atoms with Gasteiger partial charge in [0.05, 0.1) is 17.5 Å². The van der Waals surface area contributed by atoms with Crippen LogP contribution in [0.3, 0.4) is 0 Å². The van der Waals surface area contributed by atoms with Gasteiger partial charge < -0.3 is 10.2 Å². The van der Waals surface area contributed by atoms with Crippen LogP contribution < -0.4 is 10.2 Å². The minimum atomic E-state index is -2.97. The van der Waals surface area contributed by atoms with Gasteiger partial charge in [0.15, 0.2) is 9.84 Å². The third-order valence-corrected chi connectivity index (χ3v) is 7.50. The number of carbonyl (C=O) groups excluding carboxylic acids is 1. The van der Waals surface area contributed by atoms with E-state index in [0.717, 1.165) is 26.2 Å². The molecule has 26 heavy (non-hydrogen) atoms. The van der Waals surface area contributed by atoms with E-state index in [4.69, 9.17) is 0 Å². The van der Waals surface area contributed by atoms with Crippen LogP contribution in [0.25, 0.3) is 0 Å². The van der Waals surface area contributed by atoms with Gasteiger partial charge in [0.2, 0.25) is 5.91 Å². The molecule has 2 fully saturated rings. The van der Waals surface area contributed by atoms with Crippen molar-refractivity contribution in [2.45, 2.75) is 39.3 Å². The zero-order valence-corrected chi connectivity index (χ0v) is 16.7. The van der Waals surface area contributed by atoms with Crippen LogP contribution in [-0.2, 0) is 14.6 Å². The highest BCUT2D eigenvalue weighted by molar-refractivity contribution is 7.91. The Balaban J connectivity index is 1.54. The minimum Gasteiger partial charge on any atom is -0.369 e. The van der Waals surface area contributed by atoms with Gasteiger partial charge in [-0.25, -0.2) is 8.42 Å². The molecule has 3 rings (SSSR count). The Labute approximate surface area is 156 Å². The lowest BCUT2D eigenvalue weighted by molar-refractivity contribution is -0.126. The summed E-state index contributed by atoms with van der Waals surface area (Å²) < 4.78 is 23.1. The standard InChI is InChI=1S/C19H29N3O3S/c1-14-5-4-6-18(15(14)2)22-10-8-21(9-11-22)16(3)19(23)20-17-7-12-26(24,25)13-17/h4-6,16-17H,7-13H2,1-3H3,(H,20,23)/t16-,17-/m1/s1. The van der Waals surface area contributed by atoms with E-state index in [1.807, 2.05) is 6.92 Å². The van der Waals surface area contributed by atoms with Gasteiger partial charge in [-0.15, -0.1) is 0 Å². The number of amides is 1. The molecule has 0 aliphatic carbocycles. The first-order valence-electron chi connectivity index (χ1n) is 9.33. The summed E-state index contributed by atoms with van der Waals surface area (Å²) in [6.45, 7) is 9.62. The normalized spacial score (nSPS) is 24.4. The summed E-state index contributed by atoms with van der Waals surface area (Å²) in [5.74, 6) is 0.194. The number of anilines is 1. The van der Waals surface area contributed by atoms with Crippen LogP contribution in [0.4, 0.5) is 5.69 Å². The predicted molar refractivity (Wildman–Crippen MR) is 104 cm³/mol. The Morgan fingerprint density at radius 1 is 1.19 bits per heavy atom. The average molecular weight is 380 g/mol. The molecule has 2 saturated heterocycles. The van der Waals surface area contributed by atoms with Gasteiger partial charge in [-0.3, -0.25) is 9.69 Å². The molecule has 0 spiro atoms. The molecule has 144 valence electrons. The van der Waals surface area contributed by atoms with Crippen molar-refractivity contribution in [1.29, 1.82) is 0 Å². The monoisotopic (exact) mass is 379 g/mol. The highest BCUT2D eigenvalue weighted by Gasteiger charge is 2.32. The molecule has 1 aromatic carbocycles. The molecule has 2 atom stereocenters. The number of hydrogen-bond acceptors (Lipinski definition) is 5. The van der Waals surface area contributed by atoms with Gasteiger partial charge in [0, 0.05) is 37.9 Å². The molecule has 2 aliphatic rings. The Morgan fingerprint density at radius 2 is 1.88 bits per heavy atom. The Hall–Kier alpha value is -1.60. The number of nitrogens with zero attached hydrogens (tertiary/aromatic N) is 2. The number of piperazine rings is 1. The third-order valence-electron chi connectivity index (χ3n) is 5.74. The smallest absolute Gasteiger partial charge is 0.237 e. The maximum absolute atomic E-state index is 12.5. The van der Waals surface area contributed by atoms with Crippen LogP contribution in [-0.4, -0.2) is 69.0 Å². The maximum atomic E-state index is 12.5. The summed E-state index contributed by atoms with van der Waals surface area (Å²) >= 11 is 0. The van der Waals surface area contributed by atoms with Crippen molar-refractivity contribution < 1.29 is 13.2 Å². The lowest BCUT2D eigenvalue weighted by Crippen LogP contribution is -2.55. The summed E-state index contributed by atoms with van der Waals surface area (Å²) in [7, 11) is -2.97. The molecule has 2 heterocycles. The number of aryl methyl sites for hydroxylation is 1. The number of nitrogens with one attached hydrogen (secondary N) is 1. The zero-order valence-electron chi connectivity index (χ0n) is 15.9. The second kappa shape index (κ2) is 7.56. The summed E-state index contributed by atoms with van der Waals surface area (Å²) in [5, 5.41) is 2.92. The highest BCUT2D eigenvalue weighted by atomic mass is 32.2. The predicted octanol–water partition coefficient (Wildman–Crippen LogP) is 1.12. The van der Waals surface area contributed by atoms with Crippen molar-refractivity contribution in [1.82, 2.24) is 10.2 Å². The van der Waals surface area contributed by atoms with Crippen LogP contribution in [0.5, 0.6) is 0 Å². The van der Waals surface area contributed by atoms with E-state index in [-0.39, 0.29) is 29.5 Å². The van der Waals surface area contributed by atoms with Crippen LogP contribution in [0.1, 0.15) is 24.5 Å². The molecule has 1 aromatic rings. The van der Waals surface area contributed by atoms with E-state index in [9.17, 15) is 13.2 Å². The molecule has 2 aliphatic heterocycles. The number of benzene rings is 1. The topological polar surface area (TPSA) is 69.7 Å². The summed E-state index contributed by atoms with van der Waals surface area (Å²) in [5.41, 5.74) is 3.89. The Kier molecular flexibility index (Phi) is 5.58. The fourth-order valence-corrected chi connectivity index (χ4v) is 5.50. The molecule has 0 radical (unpaired) electrons. The highest BCUT2D eigenvalue weighted by Crippen LogP contribution is 2.24. The first kappa shape index (κ1) is 19.2. The van der Waals surface area contributed by atoms with E-state index in [2.05, 4.69) is 47.2 Å². The third kappa shape index (κ3) is 4.20. The van der Waals surface area contributed by atoms with Crippen LogP contribution in [0.15, 0.2) is 18.2 Å². The van der Waals surface area contributed by atoms with Crippen molar-refractivity contribution >= 4 is 21.4 Å². The van der Waals surface area contributed by atoms with E-state index >= 15 is 0 Å². The quantitative estimate of drug-likeness (QED) is 0.849. The van der Waals surface area contributed by atoms with Gasteiger partial charge in [-0.1, -0.05) is 12.1 Å². The summed E-state index contributed by atoms with van der Waals surface area (Å²) in [4.78, 5) is 17.1. The van der Waals surface area contributed by atoms with Gasteiger partial charge in [-0.2, -0.15) is 0 Å². The molecular weight excluding hydrogens is 350 g/mol. The number of hydrogen-bond donors (Lipinski definition) is 1. The molecule has 0 unspecified atom stereocenters. The van der Waals surface area contributed by atoms with E-state index < -0.39 is 9.84 Å².